The van der Waals surface area contributed by atoms with Gasteiger partial charge in [0.1, 0.15) is 0 Å². The molecule has 1 saturated heterocycles. The van der Waals surface area contributed by atoms with Crippen LogP contribution in [0.5, 0.6) is 0 Å². The van der Waals surface area contributed by atoms with Gasteiger partial charge >= 0.3 is 0 Å². The Kier molecular flexibility index (Phi) is 5.78. The largest absolute Gasteiger partial charge is 0.343 e. The number of thiophene rings is 1. The first-order chi connectivity index (χ1) is 15.3. The van der Waals surface area contributed by atoms with Crippen molar-refractivity contribution in [3.05, 3.63) is 89.3 Å². The Morgan fingerprint density at radius 3 is 2.03 bits per heavy atom. The van der Waals surface area contributed by atoms with Crippen LogP contribution in [0.15, 0.2) is 78.2 Å². The maximum Gasteiger partial charge on any atom is 0.234 e. The number of hydrogen-bond donors (Lipinski definition) is 0. The summed E-state index contributed by atoms with van der Waals surface area (Å²) in [6, 6.07) is 24.2. The zero-order chi connectivity index (χ0) is 21.0. The van der Waals surface area contributed by atoms with Crippen molar-refractivity contribution < 1.29 is 4.79 Å². The molecule has 0 atom stereocenters. The van der Waals surface area contributed by atoms with E-state index in [4.69, 9.17) is 0 Å². The van der Waals surface area contributed by atoms with Gasteiger partial charge in [-0.1, -0.05) is 78.1 Å². The molecule has 1 aliphatic rings. The van der Waals surface area contributed by atoms with Crippen LogP contribution in [0.4, 0.5) is 5.13 Å². The fourth-order valence-corrected chi connectivity index (χ4v) is 5.60. The van der Waals surface area contributed by atoms with E-state index in [0.29, 0.717) is 13.1 Å². The minimum absolute atomic E-state index is 0.161. The van der Waals surface area contributed by atoms with E-state index < -0.39 is 0 Å². The van der Waals surface area contributed by atoms with Crippen LogP contribution in [0.3, 0.4) is 0 Å². The monoisotopic (exact) mass is 446 g/mol. The normalized spacial score (nSPS) is 14.2. The minimum Gasteiger partial charge on any atom is -0.343 e. The fraction of sp³-hybridized carbons (Fsp3) is 0.208. The van der Waals surface area contributed by atoms with Crippen LogP contribution in [0, 0.1) is 0 Å². The van der Waals surface area contributed by atoms with Crippen molar-refractivity contribution in [1.82, 2.24) is 15.1 Å². The van der Waals surface area contributed by atoms with Crippen LogP contribution in [-0.4, -0.2) is 47.2 Å². The molecule has 7 heteroatoms. The number of carbonyl (C=O) groups excluding carboxylic acids is 1. The van der Waals surface area contributed by atoms with Gasteiger partial charge in [0.05, 0.1) is 10.8 Å². The second-order valence-electron chi connectivity index (χ2n) is 7.43. The Balaban J connectivity index is 1.30. The van der Waals surface area contributed by atoms with Gasteiger partial charge in [-0.2, -0.15) is 0 Å². The summed E-state index contributed by atoms with van der Waals surface area (Å²) in [7, 11) is 0. The number of rotatable bonds is 5. The predicted molar refractivity (Wildman–Crippen MR) is 127 cm³/mol. The number of benzene rings is 2. The number of aromatic nitrogens is 2. The Morgan fingerprint density at radius 1 is 0.806 bits per heavy atom. The molecule has 0 N–H and O–H groups in total. The highest BCUT2D eigenvalue weighted by Crippen LogP contribution is 2.32. The van der Waals surface area contributed by atoms with Crippen molar-refractivity contribution in [3.63, 3.8) is 0 Å². The van der Waals surface area contributed by atoms with Gasteiger partial charge in [0.25, 0.3) is 0 Å². The summed E-state index contributed by atoms with van der Waals surface area (Å²) >= 11 is 3.29. The summed E-state index contributed by atoms with van der Waals surface area (Å²) < 4.78 is 0. The molecule has 0 unspecified atom stereocenters. The minimum atomic E-state index is -0.277. The van der Waals surface area contributed by atoms with Crippen LogP contribution in [-0.2, 0) is 4.79 Å². The highest BCUT2D eigenvalue weighted by Gasteiger charge is 2.30. The van der Waals surface area contributed by atoms with Crippen LogP contribution in [0.25, 0.3) is 9.88 Å². The van der Waals surface area contributed by atoms with Crippen LogP contribution in [0.1, 0.15) is 17.0 Å². The molecule has 1 aliphatic heterocycles. The highest BCUT2D eigenvalue weighted by molar-refractivity contribution is 7.22. The van der Waals surface area contributed by atoms with Gasteiger partial charge in [0, 0.05) is 26.2 Å². The van der Waals surface area contributed by atoms with Gasteiger partial charge in [0.15, 0.2) is 5.01 Å². The Bertz CT molecular complexity index is 1080. The lowest BCUT2D eigenvalue weighted by Crippen LogP contribution is -2.50. The van der Waals surface area contributed by atoms with E-state index in [1.807, 2.05) is 71.6 Å². The topological polar surface area (TPSA) is 49.3 Å². The predicted octanol–water partition coefficient (Wildman–Crippen LogP) is 4.75. The summed E-state index contributed by atoms with van der Waals surface area (Å²) in [5, 5.41) is 12.7. The van der Waals surface area contributed by atoms with Gasteiger partial charge in [-0.25, -0.2) is 0 Å². The first kappa shape index (κ1) is 19.9. The van der Waals surface area contributed by atoms with Gasteiger partial charge in [-0.05, 0) is 22.6 Å². The van der Waals surface area contributed by atoms with E-state index in [1.165, 1.54) is 0 Å². The SMILES string of the molecule is O=C(C(c1ccccc1)c1ccccc1)N1CCN(c2nnc(-c3cccs3)s2)CC1. The molecule has 2 aromatic heterocycles. The van der Waals surface area contributed by atoms with E-state index >= 15 is 0 Å². The fourth-order valence-electron chi connectivity index (χ4n) is 3.91. The lowest BCUT2D eigenvalue weighted by molar-refractivity contribution is -0.132. The summed E-state index contributed by atoms with van der Waals surface area (Å²) in [6.45, 7) is 2.90. The lowest BCUT2D eigenvalue weighted by Gasteiger charge is -2.36. The third-order valence-electron chi connectivity index (χ3n) is 5.52. The summed E-state index contributed by atoms with van der Waals surface area (Å²) in [5.74, 6) is -0.116. The molecule has 5 nitrogen and oxygen atoms in total. The van der Waals surface area contributed by atoms with Crippen molar-refractivity contribution in [1.29, 1.82) is 0 Å². The molecule has 1 amide bonds. The molecular weight excluding hydrogens is 424 g/mol. The number of nitrogens with zero attached hydrogens (tertiary/aromatic N) is 4. The van der Waals surface area contributed by atoms with E-state index in [9.17, 15) is 4.79 Å². The molecule has 156 valence electrons. The lowest BCUT2D eigenvalue weighted by atomic mass is 9.90. The van der Waals surface area contributed by atoms with Crippen molar-refractivity contribution in [3.8, 4) is 9.88 Å². The molecule has 31 heavy (non-hydrogen) atoms. The second kappa shape index (κ2) is 8.99. The Labute approximate surface area is 189 Å². The van der Waals surface area contributed by atoms with Gasteiger partial charge in [-0.15, -0.1) is 21.5 Å². The van der Waals surface area contributed by atoms with Gasteiger partial charge in [-0.3, -0.25) is 4.79 Å². The number of carbonyl (C=O) groups is 1. The molecule has 0 saturated carbocycles. The number of hydrogen-bond acceptors (Lipinski definition) is 6. The molecule has 5 rings (SSSR count). The molecule has 4 aromatic rings. The smallest absolute Gasteiger partial charge is 0.234 e. The summed E-state index contributed by atoms with van der Waals surface area (Å²) in [4.78, 5) is 19.0. The van der Waals surface area contributed by atoms with E-state index in [0.717, 1.165) is 39.2 Å². The van der Waals surface area contributed by atoms with Crippen LogP contribution in [0.2, 0.25) is 0 Å². The van der Waals surface area contributed by atoms with Crippen molar-refractivity contribution in [2.45, 2.75) is 5.92 Å². The summed E-state index contributed by atoms with van der Waals surface area (Å²) in [5.41, 5.74) is 2.07. The molecule has 0 aliphatic carbocycles. The molecule has 0 bridgehead atoms. The van der Waals surface area contributed by atoms with Crippen LogP contribution < -0.4 is 4.90 Å². The average Bonchev–Trinajstić information content (AvgIpc) is 3.53. The van der Waals surface area contributed by atoms with Crippen molar-refractivity contribution in [2.75, 3.05) is 31.1 Å². The zero-order valence-corrected chi connectivity index (χ0v) is 18.6. The Hall–Kier alpha value is -3.03. The third-order valence-corrected chi connectivity index (χ3v) is 7.54. The maximum atomic E-state index is 13.6. The first-order valence-corrected chi connectivity index (χ1v) is 12.0. The maximum absolute atomic E-state index is 13.6. The summed E-state index contributed by atoms with van der Waals surface area (Å²) in [6.07, 6.45) is 0. The molecule has 0 radical (unpaired) electrons. The van der Waals surface area contributed by atoms with Crippen molar-refractivity contribution in [2.24, 2.45) is 0 Å². The average molecular weight is 447 g/mol. The zero-order valence-electron chi connectivity index (χ0n) is 16.9. The first-order valence-electron chi connectivity index (χ1n) is 10.3. The quantitative estimate of drug-likeness (QED) is 0.444. The van der Waals surface area contributed by atoms with Crippen LogP contribution >= 0.6 is 22.7 Å². The van der Waals surface area contributed by atoms with E-state index in [-0.39, 0.29) is 11.8 Å². The van der Waals surface area contributed by atoms with Gasteiger partial charge in [0.2, 0.25) is 11.0 Å². The molecule has 3 heterocycles. The highest BCUT2D eigenvalue weighted by atomic mass is 32.1. The molecule has 0 spiro atoms. The molecule has 2 aromatic carbocycles. The number of piperazine rings is 1. The van der Waals surface area contributed by atoms with Gasteiger partial charge < -0.3 is 9.80 Å². The molecular formula is C24H22N4OS2. The third kappa shape index (κ3) is 4.24. The Morgan fingerprint density at radius 2 is 1.45 bits per heavy atom. The number of anilines is 1. The standard InChI is InChI=1S/C24H22N4OS2/c29-23(21(18-8-3-1-4-9-18)19-10-5-2-6-11-19)27-13-15-28(16-14-27)24-26-25-22(31-24)20-12-7-17-30-20/h1-12,17,21H,13-16H2. The second-order valence-corrected chi connectivity index (χ2v) is 9.34. The number of amides is 1. The van der Waals surface area contributed by atoms with Crippen molar-refractivity contribution >= 4 is 33.7 Å². The van der Waals surface area contributed by atoms with E-state index in [2.05, 4.69) is 26.5 Å². The van der Waals surface area contributed by atoms with E-state index in [1.54, 1.807) is 22.7 Å². The molecule has 1 fully saturated rings.